The molecule has 102 valence electrons. The van der Waals surface area contributed by atoms with Crippen LogP contribution in [0.4, 0.5) is 0 Å². The number of benzene rings is 1. The molecule has 1 aromatic carbocycles. The average molecular weight is 276 g/mol. The standard InChI is InChI=1S/C16H20O2S/c1-19-14-6-3-2-5-13(14)15(17)12-7-10-18-16(11-12)8-4-9-16/h2-3,5-6,12H,4,7-11H2,1H3. The van der Waals surface area contributed by atoms with Gasteiger partial charge in [0.2, 0.25) is 0 Å². The van der Waals surface area contributed by atoms with Gasteiger partial charge in [-0.15, -0.1) is 11.8 Å². The highest BCUT2D eigenvalue weighted by Gasteiger charge is 2.44. The summed E-state index contributed by atoms with van der Waals surface area (Å²) in [6.45, 7) is 0.748. The van der Waals surface area contributed by atoms with Gasteiger partial charge in [-0.05, 0) is 44.4 Å². The van der Waals surface area contributed by atoms with Crippen LogP contribution in [-0.4, -0.2) is 24.2 Å². The number of carbonyl (C=O) groups excluding carboxylic acids is 1. The van der Waals surface area contributed by atoms with Crippen LogP contribution in [0.5, 0.6) is 0 Å². The highest BCUT2D eigenvalue weighted by atomic mass is 32.2. The molecule has 3 heteroatoms. The van der Waals surface area contributed by atoms with E-state index in [0.717, 1.165) is 42.7 Å². The highest BCUT2D eigenvalue weighted by molar-refractivity contribution is 7.98. The Labute approximate surface area is 118 Å². The van der Waals surface area contributed by atoms with E-state index < -0.39 is 0 Å². The summed E-state index contributed by atoms with van der Waals surface area (Å²) in [6, 6.07) is 7.97. The van der Waals surface area contributed by atoms with E-state index in [4.69, 9.17) is 4.74 Å². The van der Waals surface area contributed by atoms with Gasteiger partial charge in [-0.3, -0.25) is 4.79 Å². The molecule has 0 bridgehead atoms. The van der Waals surface area contributed by atoms with Crippen molar-refractivity contribution in [2.24, 2.45) is 5.92 Å². The van der Waals surface area contributed by atoms with E-state index in [1.807, 2.05) is 30.5 Å². The molecule has 1 unspecified atom stereocenters. The molecule has 1 saturated carbocycles. The molecular weight excluding hydrogens is 256 g/mol. The third kappa shape index (κ3) is 2.46. The summed E-state index contributed by atoms with van der Waals surface area (Å²) in [7, 11) is 0. The van der Waals surface area contributed by atoms with Gasteiger partial charge in [0.05, 0.1) is 5.60 Å². The van der Waals surface area contributed by atoms with Crippen LogP contribution in [0.3, 0.4) is 0 Å². The molecule has 1 aromatic rings. The molecule has 19 heavy (non-hydrogen) atoms. The Kier molecular flexibility index (Phi) is 3.68. The fourth-order valence-electron chi connectivity index (χ4n) is 3.24. The lowest BCUT2D eigenvalue weighted by molar-refractivity contribution is -0.137. The summed E-state index contributed by atoms with van der Waals surface area (Å²) in [4.78, 5) is 13.8. The van der Waals surface area contributed by atoms with Gasteiger partial charge in [0, 0.05) is 23.0 Å². The van der Waals surface area contributed by atoms with Crippen LogP contribution in [0, 0.1) is 5.92 Å². The molecule has 1 aliphatic heterocycles. The fraction of sp³-hybridized carbons (Fsp3) is 0.562. The molecule has 2 aliphatic rings. The zero-order valence-corrected chi connectivity index (χ0v) is 12.2. The molecule has 2 fully saturated rings. The average Bonchev–Trinajstić information content (AvgIpc) is 2.45. The number of hydrogen-bond donors (Lipinski definition) is 0. The van der Waals surface area contributed by atoms with Crippen LogP contribution in [0.15, 0.2) is 29.2 Å². The second-order valence-electron chi connectivity index (χ2n) is 5.64. The van der Waals surface area contributed by atoms with Crippen molar-refractivity contribution >= 4 is 17.5 Å². The Hall–Kier alpha value is -0.800. The van der Waals surface area contributed by atoms with Gasteiger partial charge in [0.1, 0.15) is 0 Å². The van der Waals surface area contributed by atoms with Gasteiger partial charge in [-0.2, -0.15) is 0 Å². The summed E-state index contributed by atoms with van der Waals surface area (Å²) >= 11 is 1.66. The molecule has 3 rings (SSSR count). The summed E-state index contributed by atoms with van der Waals surface area (Å²) in [5.41, 5.74) is 0.948. The fourth-order valence-corrected chi connectivity index (χ4v) is 3.84. The molecule has 1 atom stereocenters. The first kappa shape index (κ1) is 13.2. The lowest BCUT2D eigenvalue weighted by Crippen LogP contribution is -2.47. The summed E-state index contributed by atoms with van der Waals surface area (Å²) in [5, 5.41) is 0. The molecule has 1 heterocycles. The molecule has 0 amide bonds. The third-order valence-corrected chi connectivity index (χ3v) is 5.30. The molecule has 0 radical (unpaired) electrons. The van der Waals surface area contributed by atoms with Crippen molar-refractivity contribution in [3.8, 4) is 0 Å². The maximum atomic E-state index is 12.7. The number of Topliss-reactive ketones (excluding diaryl/α,β-unsaturated/α-hetero) is 1. The molecule has 0 N–H and O–H groups in total. The first-order chi connectivity index (χ1) is 9.24. The topological polar surface area (TPSA) is 26.3 Å². The number of hydrogen-bond acceptors (Lipinski definition) is 3. The van der Waals surface area contributed by atoms with Crippen LogP contribution in [0.2, 0.25) is 0 Å². The first-order valence-electron chi connectivity index (χ1n) is 7.05. The predicted molar refractivity (Wildman–Crippen MR) is 77.8 cm³/mol. The summed E-state index contributed by atoms with van der Waals surface area (Å²) in [5.74, 6) is 0.474. The van der Waals surface area contributed by atoms with Crippen LogP contribution >= 0.6 is 11.8 Å². The van der Waals surface area contributed by atoms with Gasteiger partial charge in [0.25, 0.3) is 0 Å². The van der Waals surface area contributed by atoms with E-state index >= 15 is 0 Å². The van der Waals surface area contributed by atoms with Crippen molar-refractivity contribution in [3.63, 3.8) is 0 Å². The molecule has 1 aliphatic carbocycles. The van der Waals surface area contributed by atoms with Crippen molar-refractivity contribution in [2.45, 2.75) is 42.6 Å². The Morgan fingerprint density at radius 2 is 2.16 bits per heavy atom. The zero-order valence-electron chi connectivity index (χ0n) is 11.4. The maximum absolute atomic E-state index is 12.7. The minimum atomic E-state index is 0.0485. The number of carbonyl (C=O) groups is 1. The lowest BCUT2D eigenvalue weighted by Gasteiger charge is -2.46. The van der Waals surface area contributed by atoms with E-state index in [9.17, 15) is 4.79 Å². The lowest BCUT2D eigenvalue weighted by atomic mass is 9.70. The molecule has 1 saturated heterocycles. The quantitative estimate of drug-likeness (QED) is 0.618. The molecule has 0 aromatic heterocycles. The van der Waals surface area contributed by atoms with Crippen LogP contribution < -0.4 is 0 Å². The van der Waals surface area contributed by atoms with Gasteiger partial charge in [0.15, 0.2) is 5.78 Å². The van der Waals surface area contributed by atoms with E-state index in [1.165, 1.54) is 6.42 Å². The summed E-state index contributed by atoms with van der Waals surface area (Å²) in [6.07, 6.45) is 7.37. The minimum Gasteiger partial charge on any atom is -0.375 e. The SMILES string of the molecule is CSc1ccccc1C(=O)C1CCOC2(CCC2)C1. The Morgan fingerprint density at radius 1 is 1.37 bits per heavy atom. The Balaban J connectivity index is 1.79. The van der Waals surface area contributed by atoms with Crippen LogP contribution in [0.25, 0.3) is 0 Å². The van der Waals surface area contributed by atoms with Crippen molar-refractivity contribution in [1.29, 1.82) is 0 Å². The second kappa shape index (κ2) is 5.29. The van der Waals surface area contributed by atoms with Gasteiger partial charge < -0.3 is 4.74 Å². The Bertz CT molecular complexity index is 479. The number of ketones is 1. The smallest absolute Gasteiger partial charge is 0.167 e. The van der Waals surface area contributed by atoms with Crippen molar-refractivity contribution in [1.82, 2.24) is 0 Å². The number of ether oxygens (including phenoxy) is 1. The minimum absolute atomic E-state index is 0.0485. The predicted octanol–water partition coefficient (Wildman–Crippen LogP) is 3.94. The molecule has 1 spiro atoms. The van der Waals surface area contributed by atoms with Gasteiger partial charge in [-0.1, -0.05) is 18.2 Å². The van der Waals surface area contributed by atoms with Gasteiger partial charge >= 0.3 is 0 Å². The third-order valence-electron chi connectivity index (χ3n) is 4.50. The maximum Gasteiger partial charge on any atom is 0.167 e. The van der Waals surface area contributed by atoms with Crippen molar-refractivity contribution in [2.75, 3.05) is 12.9 Å². The number of rotatable bonds is 3. The normalized spacial score (nSPS) is 25.0. The van der Waals surface area contributed by atoms with Crippen molar-refractivity contribution < 1.29 is 9.53 Å². The number of thioether (sulfide) groups is 1. The van der Waals surface area contributed by atoms with E-state index in [2.05, 4.69) is 0 Å². The Morgan fingerprint density at radius 3 is 2.84 bits per heavy atom. The molecule has 2 nitrogen and oxygen atoms in total. The van der Waals surface area contributed by atoms with Gasteiger partial charge in [-0.25, -0.2) is 0 Å². The zero-order chi connectivity index (χ0) is 13.3. The van der Waals surface area contributed by atoms with E-state index in [0.29, 0.717) is 5.78 Å². The second-order valence-corrected chi connectivity index (χ2v) is 6.49. The van der Waals surface area contributed by atoms with Crippen LogP contribution in [0.1, 0.15) is 42.5 Å². The molecular formula is C16H20O2S. The van der Waals surface area contributed by atoms with Crippen LogP contribution in [-0.2, 0) is 4.74 Å². The van der Waals surface area contributed by atoms with E-state index in [1.54, 1.807) is 11.8 Å². The van der Waals surface area contributed by atoms with Crippen molar-refractivity contribution in [3.05, 3.63) is 29.8 Å². The monoisotopic (exact) mass is 276 g/mol. The summed E-state index contributed by atoms with van der Waals surface area (Å²) < 4.78 is 5.92. The highest BCUT2D eigenvalue weighted by Crippen LogP contribution is 2.45. The largest absolute Gasteiger partial charge is 0.375 e. The first-order valence-corrected chi connectivity index (χ1v) is 8.28. The van der Waals surface area contributed by atoms with E-state index in [-0.39, 0.29) is 11.5 Å².